The first-order chi connectivity index (χ1) is 8.08. The molecule has 1 unspecified atom stereocenters. The Hall–Kier alpha value is -0.320. The van der Waals surface area contributed by atoms with E-state index in [0.717, 1.165) is 14.7 Å². The van der Waals surface area contributed by atoms with E-state index in [9.17, 15) is 4.39 Å². The molecule has 0 radical (unpaired) electrons. The van der Waals surface area contributed by atoms with Crippen molar-refractivity contribution in [2.45, 2.75) is 5.38 Å². The minimum atomic E-state index is -0.315. The van der Waals surface area contributed by atoms with E-state index in [-0.39, 0.29) is 11.2 Å². The maximum Gasteiger partial charge on any atom is 0.123 e. The van der Waals surface area contributed by atoms with Gasteiger partial charge in [0.15, 0.2) is 0 Å². The molecule has 0 saturated heterocycles. The largest absolute Gasteiger partial charge is 0.207 e. The molecule has 2 aromatic carbocycles. The van der Waals surface area contributed by atoms with Crippen LogP contribution in [-0.4, -0.2) is 0 Å². The minimum absolute atomic E-state index is 0.266. The fourth-order valence-electron chi connectivity index (χ4n) is 1.49. The van der Waals surface area contributed by atoms with E-state index in [1.165, 1.54) is 12.1 Å². The number of halogens is 4. The predicted octanol–water partition coefficient (Wildman–Crippen LogP) is 5.41. The lowest BCUT2D eigenvalue weighted by Gasteiger charge is -2.11. The maximum absolute atomic E-state index is 12.8. The molecule has 0 N–H and O–H groups in total. The van der Waals surface area contributed by atoms with Crippen molar-refractivity contribution in [2.24, 2.45) is 0 Å². The Morgan fingerprint density at radius 3 is 2.18 bits per heavy atom. The Morgan fingerprint density at radius 1 is 1.00 bits per heavy atom. The highest BCUT2D eigenvalue weighted by atomic mass is 127. The predicted molar refractivity (Wildman–Crippen MR) is 78.3 cm³/mol. The van der Waals surface area contributed by atoms with Gasteiger partial charge in [0.2, 0.25) is 0 Å². The lowest BCUT2D eigenvalue weighted by atomic mass is 10.0. The van der Waals surface area contributed by atoms with Crippen LogP contribution in [0.1, 0.15) is 16.5 Å². The summed E-state index contributed by atoms with van der Waals surface area (Å²) in [5, 5.41) is 0.362. The normalized spacial score (nSPS) is 12.5. The van der Waals surface area contributed by atoms with Crippen LogP contribution in [0.25, 0.3) is 0 Å². The van der Waals surface area contributed by atoms with Gasteiger partial charge in [-0.3, -0.25) is 0 Å². The summed E-state index contributed by atoms with van der Waals surface area (Å²) in [6.45, 7) is 0. The van der Waals surface area contributed by atoms with Crippen molar-refractivity contribution >= 4 is 45.8 Å². The second kappa shape index (κ2) is 5.55. The van der Waals surface area contributed by atoms with Crippen LogP contribution < -0.4 is 0 Å². The Balaban J connectivity index is 2.33. The molecule has 0 fully saturated rings. The molecule has 0 bridgehead atoms. The van der Waals surface area contributed by atoms with Crippen molar-refractivity contribution in [3.8, 4) is 0 Å². The molecule has 0 saturated carbocycles. The molecule has 0 aliphatic heterocycles. The molecule has 2 aromatic rings. The SMILES string of the molecule is Fc1ccc(C(Cl)c2ccc(I)c(Cl)c2)cc1. The van der Waals surface area contributed by atoms with Gasteiger partial charge in [-0.15, -0.1) is 11.6 Å². The van der Waals surface area contributed by atoms with Gasteiger partial charge in [-0.25, -0.2) is 4.39 Å². The van der Waals surface area contributed by atoms with E-state index >= 15 is 0 Å². The van der Waals surface area contributed by atoms with Crippen molar-refractivity contribution in [1.82, 2.24) is 0 Å². The molecule has 1 atom stereocenters. The average molecular weight is 381 g/mol. The monoisotopic (exact) mass is 380 g/mol. The number of benzene rings is 2. The van der Waals surface area contributed by atoms with E-state index in [0.29, 0.717) is 5.02 Å². The number of hydrogen-bond donors (Lipinski definition) is 0. The van der Waals surface area contributed by atoms with E-state index in [4.69, 9.17) is 23.2 Å². The molecule has 0 spiro atoms. The molecular formula is C13H8Cl2FI. The quantitative estimate of drug-likeness (QED) is 0.482. The Kier molecular flexibility index (Phi) is 4.28. The second-order valence-electron chi connectivity index (χ2n) is 3.59. The van der Waals surface area contributed by atoms with Gasteiger partial charge in [-0.2, -0.15) is 0 Å². The topological polar surface area (TPSA) is 0 Å². The Morgan fingerprint density at radius 2 is 1.59 bits per heavy atom. The van der Waals surface area contributed by atoms with Gasteiger partial charge in [0.05, 0.1) is 10.4 Å². The molecule has 2 rings (SSSR count). The van der Waals surface area contributed by atoms with Crippen molar-refractivity contribution in [1.29, 1.82) is 0 Å². The second-order valence-corrected chi connectivity index (χ2v) is 5.59. The van der Waals surface area contributed by atoms with Crippen LogP contribution in [0.2, 0.25) is 5.02 Å². The zero-order valence-corrected chi connectivity index (χ0v) is 12.3. The summed E-state index contributed by atoms with van der Waals surface area (Å²) in [5.41, 5.74) is 1.76. The van der Waals surface area contributed by atoms with Gasteiger partial charge in [0, 0.05) is 3.57 Å². The van der Waals surface area contributed by atoms with Gasteiger partial charge < -0.3 is 0 Å². The Bertz CT molecular complexity index is 525. The van der Waals surface area contributed by atoms with Crippen LogP contribution >= 0.6 is 45.8 Å². The van der Waals surface area contributed by atoms with Crippen LogP contribution in [0.3, 0.4) is 0 Å². The van der Waals surface area contributed by atoms with Crippen molar-refractivity contribution in [3.63, 3.8) is 0 Å². The van der Waals surface area contributed by atoms with Crippen molar-refractivity contribution in [3.05, 3.63) is 68.0 Å². The molecular weight excluding hydrogens is 373 g/mol. The van der Waals surface area contributed by atoms with E-state index in [2.05, 4.69) is 22.6 Å². The van der Waals surface area contributed by atoms with E-state index < -0.39 is 0 Å². The fraction of sp³-hybridized carbons (Fsp3) is 0.0769. The summed E-state index contributed by atoms with van der Waals surface area (Å²) in [6.07, 6.45) is 0. The highest BCUT2D eigenvalue weighted by Crippen LogP contribution is 2.31. The standard InChI is InChI=1S/C13H8Cl2FI/c14-11-7-9(3-6-12(11)17)13(15)8-1-4-10(16)5-2-8/h1-7,13H. The highest BCUT2D eigenvalue weighted by molar-refractivity contribution is 14.1. The molecule has 17 heavy (non-hydrogen) atoms. The molecule has 0 aromatic heterocycles. The average Bonchev–Trinajstić information content (AvgIpc) is 2.33. The molecule has 0 amide bonds. The van der Waals surface area contributed by atoms with Crippen LogP contribution in [0, 0.1) is 9.39 Å². The first-order valence-electron chi connectivity index (χ1n) is 4.92. The summed E-state index contributed by atoms with van der Waals surface area (Å²) in [6, 6.07) is 11.8. The molecule has 0 aliphatic carbocycles. The fourth-order valence-corrected chi connectivity index (χ4v) is 2.30. The van der Waals surface area contributed by atoms with Crippen LogP contribution in [0.15, 0.2) is 42.5 Å². The smallest absolute Gasteiger partial charge is 0.123 e. The summed E-state index contributed by atoms with van der Waals surface area (Å²) in [7, 11) is 0. The van der Waals surface area contributed by atoms with Crippen LogP contribution in [0.5, 0.6) is 0 Å². The molecule has 88 valence electrons. The highest BCUT2D eigenvalue weighted by Gasteiger charge is 2.12. The number of rotatable bonds is 2. The zero-order valence-electron chi connectivity index (χ0n) is 8.63. The number of hydrogen-bond acceptors (Lipinski definition) is 0. The van der Waals surface area contributed by atoms with Crippen molar-refractivity contribution in [2.75, 3.05) is 0 Å². The summed E-state index contributed by atoms with van der Waals surface area (Å²) in [5.74, 6) is -0.266. The van der Waals surface area contributed by atoms with Gasteiger partial charge in [-0.05, 0) is 58.0 Å². The maximum atomic E-state index is 12.8. The summed E-state index contributed by atoms with van der Waals surface area (Å²) in [4.78, 5) is 0. The third kappa shape index (κ3) is 3.12. The lowest BCUT2D eigenvalue weighted by Crippen LogP contribution is -1.94. The molecule has 0 aliphatic rings. The van der Waals surface area contributed by atoms with Gasteiger partial charge in [0.1, 0.15) is 5.82 Å². The molecule has 4 heteroatoms. The van der Waals surface area contributed by atoms with Gasteiger partial charge >= 0.3 is 0 Å². The van der Waals surface area contributed by atoms with Crippen molar-refractivity contribution < 1.29 is 4.39 Å². The first kappa shape index (κ1) is 13.1. The zero-order chi connectivity index (χ0) is 12.4. The summed E-state index contributed by atoms with van der Waals surface area (Å²) < 4.78 is 13.8. The molecule has 0 heterocycles. The third-order valence-corrected chi connectivity index (χ3v) is 4.48. The summed E-state index contributed by atoms with van der Waals surface area (Å²) >= 11 is 14.5. The minimum Gasteiger partial charge on any atom is -0.207 e. The van der Waals surface area contributed by atoms with Gasteiger partial charge in [-0.1, -0.05) is 29.8 Å². The van der Waals surface area contributed by atoms with E-state index in [1.807, 2.05) is 18.2 Å². The van der Waals surface area contributed by atoms with Crippen LogP contribution in [0.4, 0.5) is 4.39 Å². The first-order valence-corrected chi connectivity index (χ1v) is 6.82. The van der Waals surface area contributed by atoms with Gasteiger partial charge in [0.25, 0.3) is 0 Å². The van der Waals surface area contributed by atoms with Crippen LogP contribution in [-0.2, 0) is 0 Å². The number of alkyl halides is 1. The Labute approximate surface area is 123 Å². The third-order valence-electron chi connectivity index (χ3n) is 2.40. The lowest BCUT2D eigenvalue weighted by molar-refractivity contribution is 0.627. The molecule has 0 nitrogen and oxygen atoms in total. The van der Waals surface area contributed by atoms with E-state index in [1.54, 1.807) is 12.1 Å².